The molecule has 0 atom stereocenters. The van der Waals surface area contributed by atoms with E-state index in [0.717, 1.165) is 5.56 Å². The number of amides is 1. The van der Waals surface area contributed by atoms with E-state index in [1.54, 1.807) is 12.1 Å². The predicted molar refractivity (Wildman–Crippen MR) is 78.9 cm³/mol. The van der Waals surface area contributed by atoms with Crippen LogP contribution in [-0.4, -0.2) is 18.7 Å². The molecule has 2 aromatic carbocycles. The average molecular weight is 268 g/mol. The third-order valence-corrected chi connectivity index (χ3v) is 2.62. The maximum atomic E-state index is 10.6. The molecule has 102 valence electrons. The fraction of sp³-hybridized carbons (Fsp3) is 0.125. The molecule has 0 heterocycles. The number of aliphatic imine (C=N–C) groups is 1. The number of hydrogen-bond acceptors (Lipinski definition) is 3. The highest BCUT2D eigenvalue weighted by atomic mass is 16.5. The molecule has 0 aromatic heterocycles. The van der Waals surface area contributed by atoms with Gasteiger partial charge in [0, 0.05) is 6.21 Å². The lowest BCUT2D eigenvalue weighted by molar-refractivity contribution is -0.119. The molecule has 1 amide bonds. The van der Waals surface area contributed by atoms with Crippen molar-refractivity contribution in [2.75, 3.05) is 6.61 Å². The molecule has 2 N–H and O–H groups in total. The molecular weight excluding hydrogens is 252 g/mol. The minimum Gasteiger partial charge on any atom is -0.484 e. The van der Waals surface area contributed by atoms with Crippen LogP contribution in [-0.2, 0) is 11.3 Å². The Labute approximate surface area is 117 Å². The number of ether oxygens (including phenoxy) is 1. The van der Waals surface area contributed by atoms with Crippen LogP contribution in [0.3, 0.4) is 0 Å². The van der Waals surface area contributed by atoms with Crippen LogP contribution in [0, 0.1) is 0 Å². The summed E-state index contributed by atoms with van der Waals surface area (Å²) in [5, 5.41) is 0. The molecule has 0 aliphatic carbocycles. The van der Waals surface area contributed by atoms with Gasteiger partial charge in [0.15, 0.2) is 6.61 Å². The van der Waals surface area contributed by atoms with Gasteiger partial charge in [0.1, 0.15) is 5.75 Å². The SMILES string of the molecule is NC(=O)COc1ccc(C=NCc2ccccc2)cc1. The summed E-state index contributed by atoms with van der Waals surface area (Å²) in [7, 11) is 0. The van der Waals surface area contributed by atoms with Gasteiger partial charge in [-0.15, -0.1) is 0 Å². The van der Waals surface area contributed by atoms with E-state index in [4.69, 9.17) is 10.5 Å². The summed E-state index contributed by atoms with van der Waals surface area (Å²) in [6.07, 6.45) is 1.81. The summed E-state index contributed by atoms with van der Waals surface area (Å²) in [4.78, 5) is 15.0. The van der Waals surface area contributed by atoms with Crippen LogP contribution >= 0.6 is 0 Å². The van der Waals surface area contributed by atoms with Crippen LogP contribution in [0.4, 0.5) is 0 Å². The van der Waals surface area contributed by atoms with Crippen molar-refractivity contribution in [1.82, 2.24) is 0 Å². The number of carbonyl (C=O) groups excluding carboxylic acids is 1. The molecule has 0 saturated heterocycles. The first-order valence-electron chi connectivity index (χ1n) is 6.29. The molecule has 4 heteroatoms. The molecular formula is C16H16N2O2. The van der Waals surface area contributed by atoms with Gasteiger partial charge in [-0.2, -0.15) is 0 Å². The lowest BCUT2D eigenvalue weighted by Gasteiger charge is -2.03. The van der Waals surface area contributed by atoms with Crippen molar-refractivity contribution in [1.29, 1.82) is 0 Å². The van der Waals surface area contributed by atoms with Gasteiger partial charge in [-0.25, -0.2) is 0 Å². The van der Waals surface area contributed by atoms with Gasteiger partial charge < -0.3 is 10.5 Å². The summed E-state index contributed by atoms with van der Waals surface area (Å²) >= 11 is 0. The molecule has 0 bridgehead atoms. The minimum atomic E-state index is -0.487. The maximum absolute atomic E-state index is 10.6. The van der Waals surface area contributed by atoms with Crippen molar-refractivity contribution in [3.8, 4) is 5.75 Å². The summed E-state index contributed by atoms with van der Waals surface area (Å²) in [5.74, 6) is 0.127. The fourth-order valence-electron chi connectivity index (χ4n) is 1.64. The standard InChI is InChI=1S/C16H16N2O2/c17-16(19)12-20-15-8-6-14(7-9-15)11-18-10-13-4-2-1-3-5-13/h1-9,11H,10,12H2,(H2,17,19). The molecule has 20 heavy (non-hydrogen) atoms. The third kappa shape index (κ3) is 4.57. The number of primary amides is 1. The van der Waals surface area contributed by atoms with Crippen LogP contribution in [0.25, 0.3) is 0 Å². The Bertz CT molecular complexity index is 577. The zero-order chi connectivity index (χ0) is 14.2. The summed E-state index contributed by atoms with van der Waals surface area (Å²) in [5.41, 5.74) is 7.16. The van der Waals surface area contributed by atoms with E-state index in [9.17, 15) is 4.79 Å². The highest BCUT2D eigenvalue weighted by molar-refractivity contribution is 5.79. The molecule has 0 fully saturated rings. The Morgan fingerprint density at radius 1 is 1.10 bits per heavy atom. The number of rotatable bonds is 6. The number of nitrogens with two attached hydrogens (primary N) is 1. The Morgan fingerprint density at radius 3 is 2.45 bits per heavy atom. The van der Waals surface area contributed by atoms with Gasteiger partial charge in [0.05, 0.1) is 6.54 Å². The second-order valence-corrected chi connectivity index (χ2v) is 4.28. The number of carbonyl (C=O) groups is 1. The van der Waals surface area contributed by atoms with E-state index in [1.165, 1.54) is 5.56 Å². The first kappa shape index (κ1) is 13.8. The second-order valence-electron chi connectivity index (χ2n) is 4.28. The number of nitrogens with zero attached hydrogens (tertiary/aromatic N) is 1. The first-order valence-corrected chi connectivity index (χ1v) is 6.29. The Hall–Kier alpha value is -2.62. The van der Waals surface area contributed by atoms with Gasteiger partial charge in [-0.05, 0) is 35.4 Å². The van der Waals surface area contributed by atoms with E-state index in [-0.39, 0.29) is 6.61 Å². The zero-order valence-corrected chi connectivity index (χ0v) is 11.0. The number of benzene rings is 2. The Morgan fingerprint density at radius 2 is 1.80 bits per heavy atom. The van der Waals surface area contributed by atoms with Crippen LogP contribution in [0.1, 0.15) is 11.1 Å². The van der Waals surface area contributed by atoms with Crippen molar-refractivity contribution in [3.05, 3.63) is 65.7 Å². The molecule has 0 aliphatic rings. The van der Waals surface area contributed by atoms with Gasteiger partial charge in [-0.1, -0.05) is 30.3 Å². The molecule has 0 saturated carbocycles. The molecule has 4 nitrogen and oxygen atoms in total. The van der Waals surface area contributed by atoms with Crippen molar-refractivity contribution in [2.24, 2.45) is 10.7 Å². The van der Waals surface area contributed by atoms with E-state index < -0.39 is 5.91 Å². The number of hydrogen-bond donors (Lipinski definition) is 1. The van der Waals surface area contributed by atoms with Crippen molar-refractivity contribution in [3.63, 3.8) is 0 Å². The van der Waals surface area contributed by atoms with Gasteiger partial charge in [-0.3, -0.25) is 9.79 Å². The summed E-state index contributed by atoms with van der Waals surface area (Å²) in [6.45, 7) is 0.544. The van der Waals surface area contributed by atoms with Crippen molar-refractivity contribution >= 4 is 12.1 Å². The topological polar surface area (TPSA) is 64.7 Å². The molecule has 0 aliphatic heterocycles. The van der Waals surface area contributed by atoms with Gasteiger partial charge >= 0.3 is 0 Å². The summed E-state index contributed by atoms with van der Waals surface area (Å²) in [6, 6.07) is 17.4. The molecule has 2 aromatic rings. The van der Waals surface area contributed by atoms with Crippen LogP contribution in [0.5, 0.6) is 5.75 Å². The zero-order valence-electron chi connectivity index (χ0n) is 11.0. The fourth-order valence-corrected chi connectivity index (χ4v) is 1.64. The normalized spacial score (nSPS) is 10.6. The molecule has 0 unspecified atom stereocenters. The van der Waals surface area contributed by atoms with Crippen molar-refractivity contribution in [2.45, 2.75) is 6.54 Å². The monoisotopic (exact) mass is 268 g/mol. The molecule has 0 radical (unpaired) electrons. The smallest absolute Gasteiger partial charge is 0.255 e. The minimum absolute atomic E-state index is 0.110. The van der Waals surface area contributed by atoms with Crippen LogP contribution < -0.4 is 10.5 Å². The van der Waals surface area contributed by atoms with E-state index in [1.807, 2.05) is 48.7 Å². The van der Waals surface area contributed by atoms with E-state index in [0.29, 0.717) is 12.3 Å². The lowest BCUT2D eigenvalue weighted by atomic mass is 10.2. The molecule has 0 spiro atoms. The largest absolute Gasteiger partial charge is 0.484 e. The lowest BCUT2D eigenvalue weighted by Crippen LogP contribution is -2.19. The third-order valence-electron chi connectivity index (χ3n) is 2.62. The van der Waals surface area contributed by atoms with Crippen molar-refractivity contribution < 1.29 is 9.53 Å². The Balaban J connectivity index is 1.88. The van der Waals surface area contributed by atoms with E-state index >= 15 is 0 Å². The highest BCUT2D eigenvalue weighted by Gasteiger charge is 1.97. The van der Waals surface area contributed by atoms with Gasteiger partial charge in [0.2, 0.25) is 0 Å². The van der Waals surface area contributed by atoms with Gasteiger partial charge in [0.25, 0.3) is 5.91 Å². The van der Waals surface area contributed by atoms with Crippen LogP contribution in [0.15, 0.2) is 59.6 Å². The van der Waals surface area contributed by atoms with E-state index in [2.05, 4.69) is 4.99 Å². The second kappa shape index (κ2) is 7.09. The molecule has 2 rings (SSSR count). The Kier molecular flexibility index (Phi) is 4.89. The first-order chi connectivity index (χ1) is 9.74. The highest BCUT2D eigenvalue weighted by Crippen LogP contribution is 2.11. The summed E-state index contributed by atoms with van der Waals surface area (Å²) < 4.78 is 5.18. The predicted octanol–water partition coefficient (Wildman–Crippen LogP) is 2.17. The maximum Gasteiger partial charge on any atom is 0.255 e. The average Bonchev–Trinajstić information content (AvgIpc) is 2.47. The quantitative estimate of drug-likeness (QED) is 0.816. The van der Waals surface area contributed by atoms with Crippen LogP contribution in [0.2, 0.25) is 0 Å².